The molecule has 1 aliphatic heterocycles. The highest BCUT2D eigenvalue weighted by atomic mass is 16.2. The third kappa shape index (κ3) is 2.28. The highest BCUT2D eigenvalue weighted by Gasteiger charge is 2.45. The van der Waals surface area contributed by atoms with Crippen molar-refractivity contribution < 1.29 is 9.59 Å². The van der Waals surface area contributed by atoms with Crippen LogP contribution in [0.1, 0.15) is 54.8 Å². The van der Waals surface area contributed by atoms with E-state index in [-0.39, 0.29) is 17.2 Å². The molecule has 0 aromatic heterocycles. The molecular formula is C17H21NO2. The first-order valence-electron chi connectivity index (χ1n) is 6.81. The molecule has 2 amide bonds. The van der Waals surface area contributed by atoms with Gasteiger partial charge in [0.15, 0.2) is 0 Å². The molecule has 0 unspecified atom stereocenters. The highest BCUT2D eigenvalue weighted by molar-refractivity contribution is 6.21. The summed E-state index contributed by atoms with van der Waals surface area (Å²) in [6, 6.07) is 7.00. The van der Waals surface area contributed by atoms with E-state index in [9.17, 15) is 9.59 Å². The van der Waals surface area contributed by atoms with Gasteiger partial charge in [-0.1, -0.05) is 32.1 Å². The summed E-state index contributed by atoms with van der Waals surface area (Å²) in [4.78, 5) is 26.4. The number of hydrogen-bond acceptors (Lipinski definition) is 2. The van der Waals surface area contributed by atoms with Gasteiger partial charge in [-0.3, -0.25) is 14.5 Å². The van der Waals surface area contributed by atoms with E-state index in [1.54, 1.807) is 24.3 Å². The SMILES string of the molecule is C=CC(C)(C)CC(C)(C)N1C(=O)c2ccccc2C1=O. The Bertz CT molecular complexity index is 549. The molecule has 20 heavy (non-hydrogen) atoms. The quantitative estimate of drug-likeness (QED) is 0.619. The average Bonchev–Trinajstić information content (AvgIpc) is 2.62. The molecule has 0 fully saturated rings. The molecule has 0 radical (unpaired) electrons. The van der Waals surface area contributed by atoms with E-state index in [1.807, 2.05) is 19.9 Å². The topological polar surface area (TPSA) is 37.4 Å². The summed E-state index contributed by atoms with van der Waals surface area (Å²) in [5.41, 5.74) is 0.313. The van der Waals surface area contributed by atoms with Crippen molar-refractivity contribution in [1.29, 1.82) is 0 Å². The van der Waals surface area contributed by atoms with E-state index >= 15 is 0 Å². The molecule has 3 nitrogen and oxygen atoms in total. The third-order valence-electron chi connectivity index (χ3n) is 3.84. The number of allylic oxidation sites excluding steroid dienone is 1. The second-order valence-corrected chi connectivity index (χ2v) is 6.67. The van der Waals surface area contributed by atoms with Crippen molar-refractivity contribution in [3.63, 3.8) is 0 Å². The molecule has 1 aromatic rings. The molecule has 3 heteroatoms. The minimum absolute atomic E-state index is 0.140. The van der Waals surface area contributed by atoms with Gasteiger partial charge in [0.05, 0.1) is 11.1 Å². The molecule has 1 aromatic carbocycles. The maximum Gasteiger partial charge on any atom is 0.262 e. The zero-order valence-electron chi connectivity index (χ0n) is 12.6. The Labute approximate surface area is 120 Å². The van der Waals surface area contributed by atoms with Crippen molar-refractivity contribution in [1.82, 2.24) is 4.90 Å². The summed E-state index contributed by atoms with van der Waals surface area (Å²) in [7, 11) is 0. The largest absolute Gasteiger partial charge is 0.269 e. The van der Waals surface area contributed by atoms with Gasteiger partial charge < -0.3 is 0 Å². The number of hydrogen-bond donors (Lipinski definition) is 0. The molecule has 1 heterocycles. The number of imide groups is 1. The summed E-state index contributed by atoms with van der Waals surface area (Å²) < 4.78 is 0. The van der Waals surface area contributed by atoms with Crippen LogP contribution < -0.4 is 0 Å². The van der Waals surface area contributed by atoms with Crippen LogP contribution in [0.15, 0.2) is 36.9 Å². The Hall–Kier alpha value is -1.90. The fourth-order valence-electron chi connectivity index (χ4n) is 3.01. The summed E-state index contributed by atoms with van der Waals surface area (Å²) in [6.07, 6.45) is 2.54. The Morgan fingerprint density at radius 1 is 1.05 bits per heavy atom. The van der Waals surface area contributed by atoms with Gasteiger partial charge in [-0.25, -0.2) is 0 Å². The molecule has 106 valence electrons. The van der Waals surface area contributed by atoms with Gasteiger partial charge in [-0.05, 0) is 37.8 Å². The normalized spacial score (nSPS) is 15.5. The molecule has 0 spiro atoms. The Balaban J connectivity index is 2.38. The number of nitrogens with zero attached hydrogens (tertiary/aromatic N) is 1. The smallest absolute Gasteiger partial charge is 0.262 e. The average molecular weight is 271 g/mol. The van der Waals surface area contributed by atoms with E-state index in [4.69, 9.17) is 0 Å². The van der Waals surface area contributed by atoms with Crippen LogP contribution in [0.3, 0.4) is 0 Å². The zero-order chi connectivity index (χ0) is 15.1. The first-order valence-corrected chi connectivity index (χ1v) is 6.81. The minimum Gasteiger partial charge on any atom is -0.269 e. The molecule has 2 rings (SSSR count). The number of benzene rings is 1. The van der Waals surface area contributed by atoms with Crippen LogP contribution in [0.2, 0.25) is 0 Å². The van der Waals surface area contributed by atoms with E-state index < -0.39 is 5.54 Å². The van der Waals surface area contributed by atoms with Crippen molar-refractivity contribution in [2.45, 2.75) is 39.7 Å². The number of rotatable bonds is 4. The van der Waals surface area contributed by atoms with Gasteiger partial charge in [0.1, 0.15) is 0 Å². The molecule has 0 saturated heterocycles. The predicted octanol–water partition coefficient (Wildman–Crippen LogP) is 3.66. The zero-order valence-corrected chi connectivity index (χ0v) is 12.6. The highest BCUT2D eigenvalue weighted by Crippen LogP contribution is 2.37. The third-order valence-corrected chi connectivity index (χ3v) is 3.84. The molecule has 0 bridgehead atoms. The van der Waals surface area contributed by atoms with Crippen LogP contribution >= 0.6 is 0 Å². The van der Waals surface area contributed by atoms with Crippen LogP contribution in [0.4, 0.5) is 0 Å². The summed E-state index contributed by atoms with van der Waals surface area (Å²) in [5, 5.41) is 0. The van der Waals surface area contributed by atoms with Gasteiger partial charge in [-0.2, -0.15) is 0 Å². The lowest BCUT2D eigenvalue weighted by atomic mass is 9.79. The van der Waals surface area contributed by atoms with E-state index in [0.29, 0.717) is 17.5 Å². The van der Waals surface area contributed by atoms with E-state index in [1.165, 1.54) is 4.90 Å². The predicted molar refractivity (Wildman–Crippen MR) is 79.6 cm³/mol. The lowest BCUT2D eigenvalue weighted by molar-refractivity contribution is 0.0422. The molecule has 0 saturated carbocycles. The second-order valence-electron chi connectivity index (χ2n) is 6.67. The molecule has 0 atom stereocenters. The molecular weight excluding hydrogens is 250 g/mol. The number of carbonyl (C=O) groups is 2. The first-order chi connectivity index (χ1) is 9.19. The van der Waals surface area contributed by atoms with E-state index in [2.05, 4.69) is 20.4 Å². The lowest BCUT2D eigenvalue weighted by Crippen LogP contribution is -2.49. The summed E-state index contributed by atoms with van der Waals surface area (Å²) in [6.45, 7) is 11.8. The number of fused-ring (bicyclic) bond motifs is 1. The fourth-order valence-corrected chi connectivity index (χ4v) is 3.01. The van der Waals surface area contributed by atoms with Gasteiger partial charge in [0.2, 0.25) is 0 Å². The summed E-state index contributed by atoms with van der Waals surface area (Å²) in [5.74, 6) is -0.397. The molecule has 1 aliphatic rings. The van der Waals surface area contributed by atoms with Gasteiger partial charge in [0, 0.05) is 5.54 Å². The Kier molecular flexibility index (Phi) is 3.32. The van der Waals surface area contributed by atoms with Crippen LogP contribution in [0, 0.1) is 5.41 Å². The second kappa shape index (κ2) is 4.58. The Morgan fingerprint density at radius 2 is 1.50 bits per heavy atom. The van der Waals surface area contributed by atoms with Gasteiger partial charge >= 0.3 is 0 Å². The maximum absolute atomic E-state index is 12.5. The monoisotopic (exact) mass is 271 g/mol. The first kappa shape index (κ1) is 14.5. The lowest BCUT2D eigenvalue weighted by Gasteiger charge is -2.39. The number of amides is 2. The van der Waals surface area contributed by atoms with Crippen molar-refractivity contribution in [3.05, 3.63) is 48.0 Å². The Morgan fingerprint density at radius 3 is 1.90 bits per heavy atom. The van der Waals surface area contributed by atoms with Crippen molar-refractivity contribution in [2.75, 3.05) is 0 Å². The fraction of sp³-hybridized carbons (Fsp3) is 0.412. The summed E-state index contributed by atoms with van der Waals surface area (Å²) >= 11 is 0. The maximum atomic E-state index is 12.5. The van der Waals surface area contributed by atoms with E-state index in [0.717, 1.165) is 0 Å². The van der Waals surface area contributed by atoms with Crippen molar-refractivity contribution >= 4 is 11.8 Å². The number of carbonyl (C=O) groups excluding carboxylic acids is 2. The van der Waals surface area contributed by atoms with Crippen molar-refractivity contribution in [2.24, 2.45) is 5.41 Å². The van der Waals surface area contributed by atoms with Crippen LogP contribution in [0.5, 0.6) is 0 Å². The molecule has 0 aliphatic carbocycles. The minimum atomic E-state index is -0.551. The van der Waals surface area contributed by atoms with Crippen molar-refractivity contribution in [3.8, 4) is 0 Å². The standard InChI is InChI=1S/C17H21NO2/c1-6-16(2,3)11-17(4,5)18-14(19)12-9-7-8-10-13(12)15(18)20/h6-10H,1,11H2,2-5H3. The van der Waals surface area contributed by atoms with Crippen LogP contribution in [0.25, 0.3) is 0 Å². The van der Waals surface area contributed by atoms with Crippen LogP contribution in [-0.4, -0.2) is 22.3 Å². The van der Waals surface area contributed by atoms with Gasteiger partial charge in [-0.15, -0.1) is 6.58 Å². The van der Waals surface area contributed by atoms with Gasteiger partial charge in [0.25, 0.3) is 11.8 Å². The molecule has 0 N–H and O–H groups in total. The van der Waals surface area contributed by atoms with Crippen LogP contribution in [-0.2, 0) is 0 Å².